The molecule has 2 heterocycles. The summed E-state index contributed by atoms with van der Waals surface area (Å²) in [6.45, 7) is 3.96. The predicted octanol–water partition coefficient (Wildman–Crippen LogP) is 6.34. The van der Waals surface area contributed by atoms with Crippen LogP contribution in [-0.2, 0) is 10.0 Å². The Kier molecular flexibility index (Phi) is 9.27. The van der Waals surface area contributed by atoms with Gasteiger partial charge in [-0.05, 0) is 99.3 Å². The summed E-state index contributed by atoms with van der Waals surface area (Å²) in [6, 6.07) is 5.30. The Labute approximate surface area is 261 Å². The van der Waals surface area contributed by atoms with Gasteiger partial charge in [0.15, 0.2) is 0 Å². The minimum Gasteiger partial charge on any atom is -0.491 e. The fraction of sp³-hybridized carbons (Fsp3) is 0.618. The molecule has 7 nitrogen and oxygen atoms in total. The van der Waals surface area contributed by atoms with E-state index in [2.05, 4.69) is 15.7 Å². The van der Waals surface area contributed by atoms with Crippen LogP contribution in [0.1, 0.15) is 81.5 Å². The van der Waals surface area contributed by atoms with Gasteiger partial charge in [0.05, 0.1) is 23.6 Å². The molecule has 0 saturated heterocycles. The fourth-order valence-corrected chi connectivity index (χ4v) is 9.27. The number of anilines is 1. The first kappa shape index (κ1) is 30.7. The van der Waals surface area contributed by atoms with E-state index >= 15 is 0 Å². The number of fused-ring (bicyclic) bond motifs is 3. The fourth-order valence-electron chi connectivity index (χ4n) is 7.26. The van der Waals surface area contributed by atoms with E-state index in [0.717, 1.165) is 75.2 Å². The number of carbonyl (C=O) groups excluding carboxylic acids is 1. The summed E-state index contributed by atoms with van der Waals surface area (Å²) in [5.74, 6) is 1.02. The lowest BCUT2D eigenvalue weighted by Crippen LogP contribution is -2.44. The lowest BCUT2D eigenvalue weighted by molar-refractivity contribution is 0.0461. The molecule has 1 aromatic rings. The second-order valence-electron chi connectivity index (χ2n) is 13.5. The number of carbonyl (C=O) groups is 1. The van der Waals surface area contributed by atoms with Crippen LogP contribution in [0.15, 0.2) is 53.1 Å². The van der Waals surface area contributed by atoms with E-state index in [-0.39, 0.29) is 17.8 Å². The second-order valence-corrected chi connectivity index (χ2v) is 15.8. The third kappa shape index (κ3) is 7.18. The smallest absolute Gasteiger partial charge is 0.264 e. The topological polar surface area (TPSA) is 95.9 Å². The number of ether oxygens (including phenoxy) is 1. The molecule has 6 rings (SSSR count). The van der Waals surface area contributed by atoms with Crippen LogP contribution in [0.25, 0.3) is 0 Å². The van der Waals surface area contributed by atoms with Crippen molar-refractivity contribution in [1.29, 1.82) is 0 Å². The summed E-state index contributed by atoms with van der Waals surface area (Å²) in [4.78, 5) is 15.9. The van der Waals surface area contributed by atoms with E-state index < -0.39 is 27.3 Å². The average Bonchev–Trinajstić information content (AvgIpc) is 3.78. The maximum atomic E-state index is 13.7. The zero-order chi connectivity index (χ0) is 30.1. The Morgan fingerprint density at radius 3 is 2.74 bits per heavy atom. The van der Waals surface area contributed by atoms with Crippen molar-refractivity contribution < 1.29 is 23.1 Å². The van der Waals surface area contributed by atoms with Gasteiger partial charge in [0, 0.05) is 29.6 Å². The van der Waals surface area contributed by atoms with Crippen molar-refractivity contribution in [1.82, 2.24) is 4.72 Å². The summed E-state index contributed by atoms with van der Waals surface area (Å²) < 4.78 is 36.2. The van der Waals surface area contributed by atoms with Gasteiger partial charge in [-0.2, -0.15) is 0 Å². The summed E-state index contributed by atoms with van der Waals surface area (Å²) in [5, 5.41) is 11.3. The van der Waals surface area contributed by atoms with E-state index in [1.807, 2.05) is 37.3 Å². The zero-order valence-corrected chi connectivity index (χ0v) is 26.7. The first-order chi connectivity index (χ1) is 20.7. The molecule has 43 heavy (non-hydrogen) atoms. The van der Waals surface area contributed by atoms with Crippen molar-refractivity contribution in [2.75, 3.05) is 24.6 Å². The maximum absolute atomic E-state index is 13.7. The van der Waals surface area contributed by atoms with Crippen LogP contribution in [-0.4, -0.2) is 50.5 Å². The molecular formula is C34H45ClN2O5S. The number of aliphatic hydroxyl groups excluding tert-OH is 1. The number of allylic oxidation sites excluding steroid dienone is 4. The summed E-state index contributed by atoms with van der Waals surface area (Å²) in [5.41, 5.74) is 2.44. The third-order valence-corrected chi connectivity index (χ3v) is 12.5. The van der Waals surface area contributed by atoms with Crippen LogP contribution in [0.3, 0.4) is 0 Å². The van der Waals surface area contributed by atoms with Crippen molar-refractivity contribution in [2.24, 2.45) is 29.6 Å². The molecule has 2 aliphatic heterocycles. The number of halogens is 1. The minimum absolute atomic E-state index is 0.153. The standard InChI is InChI=1S/C34H45ClN2O5S/c1-22-5-4-7-31(38)29-14-11-26(29)20-37-16-3-2-6-24-18-28(35)13-10-27(24)21-42-32-15-12-25(19-30(32)37)34(39)36-43(40,41)33(22)17-23-8-9-23/h4,7,12-13,15,18-19,22-23,26-27,29,31,33,38H,2-3,5-6,8-11,14,16-17,20-21H2,1H3,(H,36,39)/b7-4+/t22-,26+,27?,29-,31+,33+/m1/s1. The van der Waals surface area contributed by atoms with Gasteiger partial charge in [0.2, 0.25) is 10.0 Å². The highest BCUT2D eigenvalue weighted by Gasteiger charge is 2.39. The van der Waals surface area contributed by atoms with Gasteiger partial charge in [0.1, 0.15) is 5.75 Å². The molecule has 2 saturated carbocycles. The SMILES string of the molecule is C[C@@H]1C/C=C/[C@H](O)[C@@H]2CC[C@H]2CN2CCCCC3=CC(Cl)=CCC3COc3ccc(cc32)C(=O)NS(=O)(=O)[C@H]1CC1CC1. The molecule has 2 bridgehead atoms. The van der Waals surface area contributed by atoms with Gasteiger partial charge in [-0.25, -0.2) is 13.1 Å². The van der Waals surface area contributed by atoms with Gasteiger partial charge < -0.3 is 14.7 Å². The number of hydrogen-bond acceptors (Lipinski definition) is 6. The van der Waals surface area contributed by atoms with Gasteiger partial charge >= 0.3 is 0 Å². The number of benzene rings is 1. The predicted molar refractivity (Wildman–Crippen MR) is 171 cm³/mol. The number of nitrogens with zero attached hydrogens (tertiary/aromatic N) is 1. The molecule has 3 aliphatic carbocycles. The van der Waals surface area contributed by atoms with Crippen LogP contribution in [0, 0.1) is 29.6 Å². The van der Waals surface area contributed by atoms with E-state index in [1.165, 1.54) is 5.57 Å². The monoisotopic (exact) mass is 628 g/mol. The first-order valence-electron chi connectivity index (χ1n) is 16.2. The molecule has 6 atom stereocenters. The van der Waals surface area contributed by atoms with Crippen molar-refractivity contribution >= 4 is 33.2 Å². The summed E-state index contributed by atoms with van der Waals surface area (Å²) >= 11 is 6.36. The van der Waals surface area contributed by atoms with E-state index in [4.69, 9.17) is 16.3 Å². The highest BCUT2D eigenvalue weighted by atomic mass is 35.5. The van der Waals surface area contributed by atoms with Crippen molar-refractivity contribution in [3.8, 4) is 5.75 Å². The lowest BCUT2D eigenvalue weighted by atomic mass is 9.70. The molecule has 234 valence electrons. The Morgan fingerprint density at radius 1 is 1.14 bits per heavy atom. The maximum Gasteiger partial charge on any atom is 0.264 e. The molecule has 0 spiro atoms. The number of nitrogens with one attached hydrogen (secondary N) is 1. The normalized spacial score (nSPS) is 34.0. The number of hydrogen-bond donors (Lipinski definition) is 2. The molecule has 5 aliphatic rings. The number of sulfonamides is 1. The number of rotatable bonds is 2. The highest BCUT2D eigenvalue weighted by Crippen LogP contribution is 2.42. The average molecular weight is 629 g/mol. The minimum atomic E-state index is -3.92. The Morgan fingerprint density at radius 2 is 1.98 bits per heavy atom. The molecule has 1 aromatic carbocycles. The molecule has 2 N–H and O–H groups in total. The van der Waals surface area contributed by atoms with E-state index in [9.17, 15) is 18.3 Å². The Hall–Kier alpha value is -2.29. The first-order valence-corrected chi connectivity index (χ1v) is 18.1. The van der Waals surface area contributed by atoms with Gasteiger partial charge in [0.25, 0.3) is 5.91 Å². The quantitative estimate of drug-likeness (QED) is 0.371. The molecular weight excluding hydrogens is 584 g/mol. The van der Waals surface area contributed by atoms with Crippen LogP contribution in [0.4, 0.5) is 5.69 Å². The molecule has 0 radical (unpaired) electrons. The highest BCUT2D eigenvalue weighted by molar-refractivity contribution is 7.90. The van der Waals surface area contributed by atoms with Crippen LogP contribution < -0.4 is 14.4 Å². The Balaban J connectivity index is 1.35. The third-order valence-electron chi connectivity index (χ3n) is 10.3. The second kappa shape index (κ2) is 13.0. The van der Waals surface area contributed by atoms with Crippen LogP contribution in [0.5, 0.6) is 5.75 Å². The lowest BCUT2D eigenvalue weighted by Gasteiger charge is -2.42. The van der Waals surface area contributed by atoms with Gasteiger partial charge in [-0.15, -0.1) is 0 Å². The molecule has 2 fully saturated rings. The summed E-state index contributed by atoms with van der Waals surface area (Å²) in [7, 11) is -3.92. The molecule has 1 unspecified atom stereocenters. The molecule has 9 heteroatoms. The van der Waals surface area contributed by atoms with Crippen LogP contribution in [0.2, 0.25) is 0 Å². The van der Waals surface area contributed by atoms with Crippen LogP contribution >= 0.6 is 11.6 Å². The van der Waals surface area contributed by atoms with Crippen molar-refractivity contribution in [2.45, 2.75) is 82.5 Å². The van der Waals surface area contributed by atoms with E-state index in [1.54, 1.807) is 6.07 Å². The van der Waals surface area contributed by atoms with Crippen molar-refractivity contribution in [3.63, 3.8) is 0 Å². The molecule has 1 amide bonds. The van der Waals surface area contributed by atoms with E-state index in [0.29, 0.717) is 42.6 Å². The van der Waals surface area contributed by atoms with Gasteiger partial charge in [-0.3, -0.25) is 4.79 Å². The number of aliphatic hydroxyl groups is 1. The Bertz CT molecular complexity index is 1400. The summed E-state index contributed by atoms with van der Waals surface area (Å²) in [6.07, 6.45) is 16.3. The zero-order valence-electron chi connectivity index (χ0n) is 25.1. The number of amides is 1. The van der Waals surface area contributed by atoms with Gasteiger partial charge in [-0.1, -0.05) is 55.2 Å². The largest absolute Gasteiger partial charge is 0.491 e. The molecule has 0 aromatic heterocycles. The van der Waals surface area contributed by atoms with Crippen molar-refractivity contribution in [3.05, 3.63) is 58.7 Å².